The molecule has 4 nitrogen and oxygen atoms in total. The first-order chi connectivity index (χ1) is 14.7. The minimum absolute atomic E-state index is 0. The number of nitrogens with zero attached hydrogens (tertiary/aromatic N) is 4. The van der Waals surface area contributed by atoms with Gasteiger partial charge < -0.3 is 9.80 Å². The average Bonchev–Trinajstić information content (AvgIpc) is 2.76. The standard InChI is InChI=1S/C27H40N4.3ClH/c1-26(2)12-13-27(3,4)23-20-21(10-11-22(23)26)24-8-7-9-25(28-24)31-18-16-30(17-19-31)15-14-29(5)6;;;/h7-11,20H,12-19H2,1-6H3;3*1H. The second-order valence-corrected chi connectivity index (χ2v) is 11.0. The van der Waals surface area contributed by atoms with Gasteiger partial charge in [-0.25, -0.2) is 4.98 Å². The monoisotopic (exact) mass is 528 g/mol. The number of likely N-dealkylation sites (N-methyl/N-ethyl adjacent to an activating group) is 1. The van der Waals surface area contributed by atoms with E-state index in [4.69, 9.17) is 4.98 Å². The molecule has 4 rings (SSSR count). The second-order valence-electron chi connectivity index (χ2n) is 11.0. The summed E-state index contributed by atoms with van der Waals surface area (Å²) < 4.78 is 0. The molecule has 0 bridgehead atoms. The number of piperazine rings is 1. The van der Waals surface area contributed by atoms with Crippen LogP contribution in [0.15, 0.2) is 36.4 Å². The first-order valence-corrected chi connectivity index (χ1v) is 11.9. The highest BCUT2D eigenvalue weighted by Gasteiger charge is 2.37. The summed E-state index contributed by atoms with van der Waals surface area (Å²) in [6, 6.07) is 13.6. The van der Waals surface area contributed by atoms with Gasteiger partial charge in [-0.05, 0) is 67.1 Å². The van der Waals surface area contributed by atoms with E-state index in [0.717, 1.165) is 50.8 Å². The van der Waals surface area contributed by atoms with Crippen LogP contribution in [0, 0.1) is 0 Å². The highest BCUT2D eigenvalue weighted by atomic mass is 35.5. The van der Waals surface area contributed by atoms with Gasteiger partial charge in [-0.15, -0.1) is 37.2 Å². The van der Waals surface area contributed by atoms with Crippen molar-refractivity contribution in [2.45, 2.75) is 51.4 Å². The molecule has 0 N–H and O–H groups in total. The van der Waals surface area contributed by atoms with Gasteiger partial charge in [-0.1, -0.05) is 45.9 Å². The molecule has 0 unspecified atom stereocenters. The van der Waals surface area contributed by atoms with Gasteiger partial charge in [-0.3, -0.25) is 4.90 Å². The molecule has 2 heterocycles. The van der Waals surface area contributed by atoms with Crippen LogP contribution in [0.4, 0.5) is 5.82 Å². The molecule has 1 aromatic carbocycles. The van der Waals surface area contributed by atoms with Crippen molar-refractivity contribution in [3.8, 4) is 11.3 Å². The van der Waals surface area contributed by atoms with Crippen LogP contribution in [0.5, 0.6) is 0 Å². The minimum Gasteiger partial charge on any atom is -0.354 e. The summed E-state index contributed by atoms with van der Waals surface area (Å²) in [5.41, 5.74) is 5.83. The maximum Gasteiger partial charge on any atom is 0.129 e. The van der Waals surface area contributed by atoms with Gasteiger partial charge in [-0.2, -0.15) is 0 Å². The predicted octanol–water partition coefficient (Wildman–Crippen LogP) is 6.05. The molecule has 1 aliphatic heterocycles. The Labute approximate surface area is 225 Å². The molecule has 34 heavy (non-hydrogen) atoms. The number of aromatic nitrogens is 1. The van der Waals surface area contributed by atoms with E-state index in [1.54, 1.807) is 0 Å². The SMILES string of the molecule is CN(C)CCN1CCN(c2cccc(-c3ccc4c(c3)C(C)(C)CCC4(C)C)n2)CC1.Cl.Cl.Cl. The van der Waals surface area contributed by atoms with Crippen molar-refractivity contribution in [1.29, 1.82) is 0 Å². The average molecular weight is 530 g/mol. The van der Waals surface area contributed by atoms with Crippen molar-refractivity contribution in [2.75, 3.05) is 58.3 Å². The molecule has 2 aliphatic rings. The van der Waals surface area contributed by atoms with Crippen LogP contribution in [0.2, 0.25) is 0 Å². The molecular weight excluding hydrogens is 487 g/mol. The van der Waals surface area contributed by atoms with E-state index < -0.39 is 0 Å². The molecule has 1 fully saturated rings. The molecule has 0 atom stereocenters. The molecule has 7 heteroatoms. The van der Waals surface area contributed by atoms with Crippen molar-refractivity contribution in [3.63, 3.8) is 0 Å². The number of pyridine rings is 1. The third-order valence-corrected chi connectivity index (χ3v) is 7.44. The lowest BCUT2D eigenvalue weighted by atomic mass is 9.63. The Kier molecular flexibility index (Phi) is 11.2. The first-order valence-electron chi connectivity index (χ1n) is 11.9. The second kappa shape index (κ2) is 12.3. The number of hydrogen-bond acceptors (Lipinski definition) is 4. The maximum absolute atomic E-state index is 5.10. The fourth-order valence-corrected chi connectivity index (χ4v) is 5.05. The van der Waals surface area contributed by atoms with Gasteiger partial charge in [0.1, 0.15) is 5.82 Å². The molecule has 1 aliphatic carbocycles. The Bertz CT molecular complexity index is 922. The molecule has 2 aromatic rings. The molecular formula is C27H43Cl3N4. The third-order valence-electron chi connectivity index (χ3n) is 7.44. The van der Waals surface area contributed by atoms with Crippen LogP contribution in [0.25, 0.3) is 11.3 Å². The Balaban J connectivity index is 0.00000193. The van der Waals surface area contributed by atoms with E-state index >= 15 is 0 Å². The molecule has 192 valence electrons. The fraction of sp³-hybridized carbons (Fsp3) is 0.593. The molecule has 0 radical (unpaired) electrons. The zero-order valence-electron chi connectivity index (χ0n) is 21.6. The number of rotatable bonds is 5. The van der Waals surface area contributed by atoms with Crippen LogP contribution in [-0.2, 0) is 10.8 Å². The highest BCUT2D eigenvalue weighted by Crippen LogP contribution is 2.46. The van der Waals surface area contributed by atoms with Crippen LogP contribution < -0.4 is 4.90 Å². The zero-order valence-corrected chi connectivity index (χ0v) is 24.1. The van der Waals surface area contributed by atoms with Crippen LogP contribution in [0.1, 0.15) is 51.7 Å². The summed E-state index contributed by atoms with van der Waals surface area (Å²) in [5, 5.41) is 0. The van der Waals surface area contributed by atoms with E-state index in [9.17, 15) is 0 Å². The highest BCUT2D eigenvalue weighted by molar-refractivity contribution is 5.86. The Morgan fingerprint density at radius 2 is 1.44 bits per heavy atom. The Morgan fingerprint density at radius 3 is 2.06 bits per heavy atom. The summed E-state index contributed by atoms with van der Waals surface area (Å²) in [7, 11) is 4.29. The van der Waals surface area contributed by atoms with Crippen molar-refractivity contribution in [2.24, 2.45) is 0 Å². The van der Waals surface area contributed by atoms with E-state index in [1.165, 1.54) is 29.5 Å². The lowest BCUT2D eigenvalue weighted by Crippen LogP contribution is -2.48. The first kappa shape index (κ1) is 31.0. The van der Waals surface area contributed by atoms with Crippen LogP contribution in [0.3, 0.4) is 0 Å². The number of hydrogen-bond donors (Lipinski definition) is 0. The lowest BCUT2D eigenvalue weighted by molar-refractivity contribution is 0.229. The Morgan fingerprint density at radius 1 is 0.824 bits per heavy atom. The van der Waals surface area contributed by atoms with E-state index in [0.29, 0.717) is 0 Å². The maximum atomic E-state index is 5.10. The third kappa shape index (κ3) is 6.79. The molecule has 1 aromatic heterocycles. The number of fused-ring (bicyclic) bond motifs is 1. The summed E-state index contributed by atoms with van der Waals surface area (Å²) in [6.45, 7) is 16.2. The number of halogens is 3. The van der Waals surface area contributed by atoms with Crippen LogP contribution in [-0.4, -0.2) is 68.1 Å². The van der Waals surface area contributed by atoms with Gasteiger partial charge in [0.05, 0.1) is 5.69 Å². The van der Waals surface area contributed by atoms with Gasteiger partial charge in [0, 0.05) is 44.8 Å². The van der Waals surface area contributed by atoms with Crippen molar-refractivity contribution >= 4 is 43.0 Å². The van der Waals surface area contributed by atoms with E-state index in [-0.39, 0.29) is 48.1 Å². The number of benzene rings is 1. The molecule has 0 spiro atoms. The molecule has 1 saturated heterocycles. The summed E-state index contributed by atoms with van der Waals surface area (Å²) in [5.74, 6) is 1.11. The lowest BCUT2D eigenvalue weighted by Gasteiger charge is -2.42. The van der Waals surface area contributed by atoms with Crippen molar-refractivity contribution in [3.05, 3.63) is 47.5 Å². The number of anilines is 1. The largest absolute Gasteiger partial charge is 0.354 e. The van der Waals surface area contributed by atoms with Gasteiger partial charge in [0.25, 0.3) is 0 Å². The zero-order chi connectivity index (χ0) is 22.2. The smallest absolute Gasteiger partial charge is 0.129 e. The van der Waals surface area contributed by atoms with Crippen molar-refractivity contribution in [1.82, 2.24) is 14.8 Å². The van der Waals surface area contributed by atoms with Crippen molar-refractivity contribution < 1.29 is 0 Å². The van der Waals surface area contributed by atoms with Gasteiger partial charge >= 0.3 is 0 Å². The molecule has 0 amide bonds. The van der Waals surface area contributed by atoms with E-state index in [2.05, 4.69) is 92.9 Å². The van der Waals surface area contributed by atoms with Gasteiger partial charge in [0.2, 0.25) is 0 Å². The molecule has 0 saturated carbocycles. The topological polar surface area (TPSA) is 22.6 Å². The summed E-state index contributed by atoms with van der Waals surface area (Å²) >= 11 is 0. The normalized spacial score (nSPS) is 18.9. The summed E-state index contributed by atoms with van der Waals surface area (Å²) in [4.78, 5) is 12.4. The quantitative estimate of drug-likeness (QED) is 0.470. The predicted molar refractivity (Wildman–Crippen MR) is 154 cm³/mol. The Hall–Kier alpha value is -1.04. The fourth-order valence-electron chi connectivity index (χ4n) is 5.05. The van der Waals surface area contributed by atoms with E-state index in [1.807, 2.05) is 0 Å². The van der Waals surface area contributed by atoms with Crippen LogP contribution >= 0.6 is 37.2 Å². The minimum atomic E-state index is 0. The van der Waals surface area contributed by atoms with Gasteiger partial charge in [0.15, 0.2) is 0 Å². The summed E-state index contributed by atoms with van der Waals surface area (Å²) in [6.07, 6.45) is 2.49.